The molecule has 0 fully saturated rings. The van der Waals surface area contributed by atoms with Crippen molar-refractivity contribution in [1.82, 2.24) is 4.57 Å². The molecule has 2 heterocycles. The number of nitrogens with zero attached hydrogens (tertiary/aromatic N) is 4. The summed E-state index contributed by atoms with van der Waals surface area (Å²) in [4.78, 5) is 13.0. The molecule has 0 bridgehead atoms. The molecule has 11 aromatic carbocycles. The molecule has 0 saturated carbocycles. The summed E-state index contributed by atoms with van der Waals surface area (Å²) < 4.78 is 2.40. The maximum Gasteiger partial charge on any atom is 0.154 e. The quantitative estimate of drug-likeness (QED) is 0.110. The Labute approximate surface area is 431 Å². The van der Waals surface area contributed by atoms with Gasteiger partial charge in [-0.2, -0.15) is 0 Å². The van der Waals surface area contributed by atoms with E-state index in [1.807, 2.05) is 6.07 Å². The van der Waals surface area contributed by atoms with Gasteiger partial charge in [-0.05, 0) is 116 Å². The van der Waals surface area contributed by atoms with Crippen molar-refractivity contribution in [1.29, 1.82) is 0 Å². The molecule has 0 amide bonds. The summed E-state index contributed by atoms with van der Waals surface area (Å²) in [5.74, 6) is 0.686. The molecule has 2 aliphatic rings. The zero-order chi connectivity index (χ0) is 49.0. The van der Waals surface area contributed by atoms with E-state index in [1.165, 1.54) is 66.3 Å². The van der Waals surface area contributed by atoms with Crippen molar-refractivity contribution in [3.8, 4) is 39.1 Å². The summed E-state index contributed by atoms with van der Waals surface area (Å²) in [5, 5.41) is 2.50. The van der Waals surface area contributed by atoms with Crippen LogP contribution in [0.2, 0.25) is 0 Å². The maximum absolute atomic E-state index is 5.35. The molecule has 4 nitrogen and oxygen atoms in total. The predicted octanol–water partition coefficient (Wildman–Crippen LogP) is 17.3. The van der Waals surface area contributed by atoms with E-state index in [2.05, 4.69) is 283 Å². The zero-order valence-corrected chi connectivity index (χ0v) is 40.6. The Hall–Kier alpha value is -9.64. The van der Waals surface area contributed by atoms with Crippen molar-refractivity contribution in [2.24, 2.45) is 9.98 Å². The van der Waals surface area contributed by atoms with Gasteiger partial charge in [-0.3, -0.25) is 4.99 Å². The van der Waals surface area contributed by atoms with Crippen LogP contribution in [-0.4, -0.2) is 16.6 Å². The SMILES string of the molecule is C(=NC(=NCc1ccc(-c2ccccc2)cc1)c1ccccc1)c1cccc2c1-c1cc(-c3cccc(-n4c5ccccc5c5ccccc54)c3)ccc1C21c2ccccc2N(c2ccccc2)c2ccccc21. The van der Waals surface area contributed by atoms with Crippen molar-refractivity contribution < 1.29 is 0 Å². The van der Waals surface area contributed by atoms with Crippen LogP contribution in [0.3, 0.4) is 0 Å². The lowest BCUT2D eigenvalue weighted by atomic mass is 9.64. The normalized spacial score (nSPS) is 13.3. The fraction of sp³-hybridized carbons (Fsp3) is 0.0286. The molecule has 0 saturated heterocycles. The summed E-state index contributed by atoms with van der Waals surface area (Å²) in [5.41, 5.74) is 21.5. The van der Waals surface area contributed by atoms with Gasteiger partial charge >= 0.3 is 0 Å². The van der Waals surface area contributed by atoms with Crippen LogP contribution >= 0.6 is 0 Å². The summed E-state index contributed by atoms with van der Waals surface area (Å²) in [6, 6.07) is 98.8. The van der Waals surface area contributed by atoms with Gasteiger partial charge in [0.2, 0.25) is 0 Å². The largest absolute Gasteiger partial charge is 0.310 e. The van der Waals surface area contributed by atoms with Crippen molar-refractivity contribution in [3.63, 3.8) is 0 Å². The van der Waals surface area contributed by atoms with E-state index < -0.39 is 5.41 Å². The minimum atomic E-state index is -0.640. The Morgan fingerprint density at radius 3 is 1.64 bits per heavy atom. The third kappa shape index (κ3) is 6.98. The number of fused-ring (bicyclic) bond motifs is 12. The predicted molar refractivity (Wildman–Crippen MR) is 308 cm³/mol. The molecule has 1 aromatic heterocycles. The van der Waals surface area contributed by atoms with Crippen LogP contribution in [0.4, 0.5) is 17.1 Å². The third-order valence-corrected chi connectivity index (χ3v) is 15.2. The Bertz CT molecular complexity index is 4050. The van der Waals surface area contributed by atoms with Crippen LogP contribution in [-0.2, 0) is 12.0 Å². The van der Waals surface area contributed by atoms with Crippen LogP contribution in [0.5, 0.6) is 0 Å². The Balaban J connectivity index is 0.953. The highest BCUT2D eigenvalue weighted by atomic mass is 15.2. The van der Waals surface area contributed by atoms with Crippen LogP contribution in [0, 0.1) is 0 Å². The number of hydrogen-bond donors (Lipinski definition) is 0. The van der Waals surface area contributed by atoms with Crippen molar-refractivity contribution in [2.75, 3.05) is 4.90 Å². The van der Waals surface area contributed by atoms with Crippen molar-refractivity contribution in [3.05, 3.63) is 312 Å². The zero-order valence-electron chi connectivity index (χ0n) is 40.6. The Morgan fingerprint density at radius 2 is 0.932 bits per heavy atom. The highest BCUT2D eigenvalue weighted by Crippen LogP contribution is 2.64. The summed E-state index contributed by atoms with van der Waals surface area (Å²) in [7, 11) is 0. The molecule has 0 atom stereocenters. The molecular weight excluding hydrogens is 897 g/mol. The van der Waals surface area contributed by atoms with E-state index in [0.717, 1.165) is 50.6 Å². The number of amidine groups is 1. The number of aliphatic imine (C=N–C) groups is 2. The number of anilines is 3. The molecule has 14 rings (SSSR count). The van der Waals surface area contributed by atoms with Gasteiger partial charge in [0.25, 0.3) is 0 Å². The van der Waals surface area contributed by atoms with Crippen LogP contribution < -0.4 is 4.90 Å². The van der Waals surface area contributed by atoms with Gasteiger partial charge in [0.05, 0.1) is 34.4 Å². The smallest absolute Gasteiger partial charge is 0.154 e. The summed E-state index contributed by atoms with van der Waals surface area (Å²) in [6.45, 7) is 0.498. The van der Waals surface area contributed by atoms with Gasteiger partial charge in [0.1, 0.15) is 0 Å². The number of benzene rings is 11. The number of hydrogen-bond acceptors (Lipinski definition) is 2. The first-order valence-corrected chi connectivity index (χ1v) is 25.4. The molecule has 12 aromatic rings. The third-order valence-electron chi connectivity index (χ3n) is 15.2. The first-order valence-electron chi connectivity index (χ1n) is 25.4. The fourth-order valence-corrected chi connectivity index (χ4v) is 11.9. The molecule has 0 unspecified atom stereocenters. The Morgan fingerprint density at radius 1 is 0.405 bits per heavy atom. The lowest BCUT2D eigenvalue weighted by molar-refractivity contribution is 0.752. The van der Waals surface area contributed by atoms with Gasteiger partial charge in [0, 0.05) is 39.5 Å². The lowest BCUT2D eigenvalue weighted by Crippen LogP contribution is -2.36. The molecule has 74 heavy (non-hydrogen) atoms. The molecule has 0 radical (unpaired) electrons. The van der Waals surface area contributed by atoms with E-state index in [1.54, 1.807) is 0 Å². The second-order valence-electron chi connectivity index (χ2n) is 19.2. The summed E-state index contributed by atoms with van der Waals surface area (Å²) >= 11 is 0. The minimum Gasteiger partial charge on any atom is -0.310 e. The molecule has 0 N–H and O–H groups in total. The van der Waals surface area contributed by atoms with Gasteiger partial charge < -0.3 is 9.47 Å². The van der Waals surface area contributed by atoms with Crippen molar-refractivity contribution in [2.45, 2.75) is 12.0 Å². The van der Waals surface area contributed by atoms with E-state index in [-0.39, 0.29) is 0 Å². The van der Waals surface area contributed by atoms with E-state index in [4.69, 9.17) is 9.98 Å². The van der Waals surface area contributed by atoms with Crippen LogP contribution in [0.15, 0.2) is 283 Å². The topological polar surface area (TPSA) is 32.9 Å². The monoisotopic (exact) mass is 944 g/mol. The molecule has 1 aliphatic carbocycles. The van der Waals surface area contributed by atoms with Gasteiger partial charge in [-0.1, -0.05) is 218 Å². The van der Waals surface area contributed by atoms with Crippen LogP contribution in [0.1, 0.15) is 38.9 Å². The van der Waals surface area contributed by atoms with Gasteiger partial charge in [0.15, 0.2) is 5.84 Å². The fourth-order valence-electron chi connectivity index (χ4n) is 11.9. The molecular formula is C70H48N4. The maximum atomic E-state index is 5.35. The van der Waals surface area contributed by atoms with Crippen molar-refractivity contribution >= 4 is 50.9 Å². The first-order chi connectivity index (χ1) is 36.7. The molecule has 1 aliphatic heterocycles. The van der Waals surface area contributed by atoms with E-state index >= 15 is 0 Å². The Kier molecular flexibility index (Phi) is 10.4. The highest BCUT2D eigenvalue weighted by Gasteiger charge is 2.52. The highest BCUT2D eigenvalue weighted by molar-refractivity contribution is 6.10. The number of aromatic nitrogens is 1. The average molecular weight is 945 g/mol. The second-order valence-corrected chi connectivity index (χ2v) is 19.2. The summed E-state index contributed by atoms with van der Waals surface area (Å²) in [6.07, 6.45) is 2.05. The standard InChI is InChI=1S/C70H48N4/c1-4-20-49(21-5-1)50-40-38-48(39-41-50)46-71-69(51-22-6-2-7-23-51)72-47-54-25-19-33-63-68(54)59-45-53(52-24-18-28-56(44-52)74-64-34-14-10-29-57(64)58-30-11-15-35-65(58)74)42-43-60(59)70(63)61-31-12-16-36-66(61)73(55-26-8-3-9-27-55)67-37-17-13-32-62(67)70/h1-45,47H,46H2. The number of para-hydroxylation sites is 5. The van der Waals surface area contributed by atoms with E-state index in [9.17, 15) is 0 Å². The first kappa shape index (κ1) is 43.2. The molecule has 1 spiro atoms. The average Bonchev–Trinajstić information content (AvgIpc) is 4.00. The van der Waals surface area contributed by atoms with Gasteiger partial charge in [-0.15, -0.1) is 0 Å². The van der Waals surface area contributed by atoms with Gasteiger partial charge in [-0.25, -0.2) is 4.99 Å². The lowest BCUT2D eigenvalue weighted by Gasteiger charge is -2.45. The molecule has 348 valence electrons. The number of rotatable bonds is 8. The second kappa shape index (κ2) is 17.9. The van der Waals surface area contributed by atoms with E-state index in [0.29, 0.717) is 12.4 Å². The van der Waals surface area contributed by atoms with Crippen LogP contribution in [0.25, 0.3) is 60.9 Å². The minimum absolute atomic E-state index is 0.498. The molecule has 4 heteroatoms.